The lowest BCUT2D eigenvalue weighted by Gasteiger charge is -2.26. The van der Waals surface area contributed by atoms with Gasteiger partial charge in [-0.25, -0.2) is 8.42 Å². The molecule has 0 saturated heterocycles. The van der Waals surface area contributed by atoms with Gasteiger partial charge in [-0.05, 0) is 42.5 Å². The Morgan fingerprint density at radius 1 is 0.838 bits per heavy atom. The monoisotopic (exact) mass is 516 g/mol. The summed E-state index contributed by atoms with van der Waals surface area (Å²) in [5.41, 5.74) is 2.01. The van der Waals surface area contributed by atoms with Crippen molar-refractivity contribution in [2.75, 3.05) is 30.4 Å². The standard InChI is InChI=1S/C28H24N2O6S/c1-34-20-13-15-26(35-2)24(17-20)30(37(32,33)21-8-4-3-5-9-21)18-28(31)29-19-12-14-23-22-10-6-7-11-25(22)36-27(23)16-19/h3-17H,18H2,1-2H3,(H,29,31). The molecule has 5 rings (SSSR count). The Kier molecular flexibility index (Phi) is 6.45. The van der Waals surface area contributed by atoms with Crippen LogP contribution in [0.3, 0.4) is 0 Å². The summed E-state index contributed by atoms with van der Waals surface area (Å²) in [7, 11) is -1.23. The molecule has 0 aliphatic rings. The molecule has 8 nitrogen and oxygen atoms in total. The molecule has 0 aliphatic carbocycles. The van der Waals surface area contributed by atoms with Crippen LogP contribution < -0.4 is 19.1 Å². The van der Waals surface area contributed by atoms with Crippen LogP contribution >= 0.6 is 0 Å². The third-order valence-corrected chi connectivity index (χ3v) is 7.71. The maximum atomic E-state index is 13.7. The third kappa shape index (κ3) is 4.68. The number of carbonyl (C=O) groups excluding carboxylic acids is 1. The number of nitrogens with one attached hydrogen (secondary N) is 1. The molecule has 0 bridgehead atoms. The molecule has 1 aromatic heterocycles. The van der Waals surface area contributed by atoms with Crippen molar-refractivity contribution in [2.45, 2.75) is 4.90 Å². The van der Waals surface area contributed by atoms with Gasteiger partial charge in [0.25, 0.3) is 10.0 Å². The molecule has 0 spiro atoms. The number of ether oxygens (including phenoxy) is 2. The maximum Gasteiger partial charge on any atom is 0.264 e. The zero-order valence-electron chi connectivity index (χ0n) is 20.2. The summed E-state index contributed by atoms with van der Waals surface area (Å²) >= 11 is 0. The first-order valence-corrected chi connectivity index (χ1v) is 12.9. The molecular formula is C28H24N2O6S. The third-order valence-electron chi connectivity index (χ3n) is 5.94. The summed E-state index contributed by atoms with van der Waals surface area (Å²) in [5, 5.41) is 4.68. The highest BCUT2D eigenvalue weighted by molar-refractivity contribution is 7.92. The minimum Gasteiger partial charge on any atom is -0.497 e. The first kappa shape index (κ1) is 24.2. The minimum atomic E-state index is -4.13. The Bertz CT molecular complexity index is 1700. The average Bonchev–Trinajstić information content (AvgIpc) is 3.29. The quantitative estimate of drug-likeness (QED) is 0.295. The van der Waals surface area contributed by atoms with Gasteiger partial charge in [0.15, 0.2) is 0 Å². The van der Waals surface area contributed by atoms with E-state index in [-0.39, 0.29) is 16.3 Å². The van der Waals surface area contributed by atoms with E-state index in [1.165, 1.54) is 32.4 Å². The molecule has 4 aromatic carbocycles. The van der Waals surface area contributed by atoms with Gasteiger partial charge in [0.2, 0.25) is 5.91 Å². The smallest absolute Gasteiger partial charge is 0.264 e. The zero-order chi connectivity index (χ0) is 26.0. The second-order valence-corrected chi connectivity index (χ2v) is 10.1. The number of carbonyl (C=O) groups is 1. The molecule has 1 amide bonds. The molecule has 0 fully saturated rings. The van der Waals surface area contributed by atoms with Gasteiger partial charge >= 0.3 is 0 Å². The predicted molar refractivity (Wildman–Crippen MR) is 143 cm³/mol. The minimum absolute atomic E-state index is 0.0383. The summed E-state index contributed by atoms with van der Waals surface area (Å²) in [5.74, 6) is 0.149. The van der Waals surface area contributed by atoms with Crippen molar-refractivity contribution in [3.8, 4) is 11.5 Å². The Balaban J connectivity index is 1.50. The Morgan fingerprint density at radius 3 is 2.32 bits per heavy atom. The fourth-order valence-corrected chi connectivity index (χ4v) is 5.59. The van der Waals surface area contributed by atoms with Crippen LogP contribution in [0.2, 0.25) is 0 Å². The molecular weight excluding hydrogens is 492 g/mol. The topological polar surface area (TPSA) is 98.1 Å². The molecule has 0 aliphatic heterocycles. The molecule has 0 atom stereocenters. The van der Waals surface area contributed by atoms with Crippen LogP contribution in [0.1, 0.15) is 0 Å². The van der Waals surface area contributed by atoms with E-state index in [9.17, 15) is 13.2 Å². The van der Waals surface area contributed by atoms with Crippen molar-refractivity contribution in [1.29, 1.82) is 0 Å². The fourth-order valence-electron chi connectivity index (χ4n) is 4.15. The number of anilines is 2. The van der Waals surface area contributed by atoms with Gasteiger partial charge in [-0.15, -0.1) is 0 Å². The number of hydrogen-bond donors (Lipinski definition) is 1. The van der Waals surface area contributed by atoms with E-state index >= 15 is 0 Å². The molecule has 37 heavy (non-hydrogen) atoms. The largest absolute Gasteiger partial charge is 0.497 e. The number of nitrogens with zero attached hydrogens (tertiary/aromatic N) is 1. The number of amides is 1. The number of sulfonamides is 1. The summed E-state index contributed by atoms with van der Waals surface area (Å²) in [4.78, 5) is 13.3. The van der Waals surface area contributed by atoms with Gasteiger partial charge in [-0.3, -0.25) is 9.10 Å². The molecule has 0 saturated carbocycles. The first-order valence-electron chi connectivity index (χ1n) is 11.4. The summed E-state index contributed by atoms with van der Waals surface area (Å²) < 4.78 is 45.0. The van der Waals surface area contributed by atoms with Crippen molar-refractivity contribution in [1.82, 2.24) is 0 Å². The lowest BCUT2D eigenvalue weighted by atomic mass is 10.1. The number of hydrogen-bond acceptors (Lipinski definition) is 6. The highest BCUT2D eigenvalue weighted by Crippen LogP contribution is 2.36. The van der Waals surface area contributed by atoms with Crippen LogP contribution in [0.4, 0.5) is 11.4 Å². The van der Waals surface area contributed by atoms with Crippen LogP contribution in [0.15, 0.2) is 100 Å². The van der Waals surface area contributed by atoms with Gasteiger partial charge in [0.05, 0.1) is 24.8 Å². The van der Waals surface area contributed by atoms with Crippen molar-refractivity contribution in [2.24, 2.45) is 0 Å². The van der Waals surface area contributed by atoms with Crippen molar-refractivity contribution < 1.29 is 27.1 Å². The van der Waals surface area contributed by atoms with Crippen LogP contribution in [0.25, 0.3) is 21.9 Å². The number of furan rings is 1. The number of para-hydroxylation sites is 1. The van der Waals surface area contributed by atoms with E-state index in [2.05, 4.69) is 5.32 Å². The van der Waals surface area contributed by atoms with Gasteiger partial charge in [0, 0.05) is 28.6 Å². The molecule has 0 unspecified atom stereocenters. The van der Waals surface area contributed by atoms with Crippen LogP contribution in [-0.2, 0) is 14.8 Å². The molecule has 9 heteroatoms. The highest BCUT2D eigenvalue weighted by atomic mass is 32.2. The second-order valence-electron chi connectivity index (χ2n) is 8.22. The number of benzene rings is 4. The van der Waals surface area contributed by atoms with Gasteiger partial charge in [-0.1, -0.05) is 36.4 Å². The van der Waals surface area contributed by atoms with Crippen LogP contribution in [0, 0.1) is 0 Å². The Labute approximate surface area is 214 Å². The first-order chi connectivity index (χ1) is 17.9. The second kappa shape index (κ2) is 9.87. The normalized spacial score (nSPS) is 11.4. The van der Waals surface area contributed by atoms with E-state index in [0.29, 0.717) is 17.0 Å². The van der Waals surface area contributed by atoms with Gasteiger partial charge in [-0.2, -0.15) is 0 Å². The number of fused-ring (bicyclic) bond motifs is 3. The summed E-state index contributed by atoms with van der Waals surface area (Å²) in [6.45, 7) is -0.501. The summed E-state index contributed by atoms with van der Waals surface area (Å²) in [6.07, 6.45) is 0. The van der Waals surface area contributed by atoms with Crippen molar-refractivity contribution in [3.05, 3.63) is 91.0 Å². The van der Waals surface area contributed by atoms with E-state index in [1.807, 2.05) is 30.3 Å². The average molecular weight is 517 g/mol. The Hall–Kier alpha value is -4.50. The van der Waals surface area contributed by atoms with E-state index in [4.69, 9.17) is 13.9 Å². The maximum absolute atomic E-state index is 13.7. The van der Waals surface area contributed by atoms with Crippen molar-refractivity contribution >= 4 is 49.2 Å². The molecule has 188 valence electrons. The highest BCUT2D eigenvalue weighted by Gasteiger charge is 2.30. The lowest BCUT2D eigenvalue weighted by Crippen LogP contribution is -2.38. The van der Waals surface area contributed by atoms with E-state index < -0.39 is 22.5 Å². The van der Waals surface area contributed by atoms with Gasteiger partial charge in [0.1, 0.15) is 29.2 Å². The predicted octanol–water partition coefficient (Wildman–Crippen LogP) is 5.44. The zero-order valence-corrected chi connectivity index (χ0v) is 21.0. The van der Waals surface area contributed by atoms with Crippen LogP contribution in [-0.4, -0.2) is 35.1 Å². The SMILES string of the molecule is COc1ccc(OC)c(N(CC(=O)Nc2ccc3c(c2)oc2ccccc23)S(=O)(=O)c2ccccc2)c1. The fraction of sp³-hybridized carbons (Fsp3) is 0.107. The number of rotatable bonds is 8. The van der Waals surface area contributed by atoms with E-state index in [1.54, 1.807) is 42.5 Å². The number of methoxy groups -OCH3 is 2. The molecule has 1 N–H and O–H groups in total. The van der Waals surface area contributed by atoms with Gasteiger partial charge < -0.3 is 19.2 Å². The molecule has 5 aromatic rings. The summed E-state index contributed by atoms with van der Waals surface area (Å²) in [6, 6.07) is 25.7. The lowest BCUT2D eigenvalue weighted by molar-refractivity contribution is -0.114. The Morgan fingerprint density at radius 2 is 1.57 bits per heavy atom. The molecule has 1 heterocycles. The van der Waals surface area contributed by atoms with E-state index in [0.717, 1.165) is 20.7 Å². The van der Waals surface area contributed by atoms with Crippen molar-refractivity contribution in [3.63, 3.8) is 0 Å². The van der Waals surface area contributed by atoms with Crippen LogP contribution in [0.5, 0.6) is 11.5 Å². The molecule has 0 radical (unpaired) electrons.